The molecule has 90 valence electrons. The molecule has 0 aliphatic rings. The number of aromatic amines is 1. The fraction of sp³-hybridized carbons (Fsp3) is 0.273. The summed E-state index contributed by atoms with van der Waals surface area (Å²) in [5.41, 5.74) is 1.30. The van der Waals surface area contributed by atoms with E-state index < -0.39 is 0 Å². The van der Waals surface area contributed by atoms with Crippen LogP contribution in [0.2, 0.25) is 5.02 Å². The summed E-state index contributed by atoms with van der Waals surface area (Å²) in [6.45, 7) is 0. The van der Waals surface area contributed by atoms with Gasteiger partial charge in [0.25, 0.3) is 0 Å². The van der Waals surface area contributed by atoms with Crippen LogP contribution in [0, 0.1) is 5.82 Å². The Kier molecular flexibility index (Phi) is 3.71. The molecule has 17 heavy (non-hydrogen) atoms. The van der Waals surface area contributed by atoms with Crippen LogP contribution in [0.5, 0.6) is 0 Å². The smallest absolute Gasteiger partial charge is 0.126 e. The predicted octanol–water partition coefficient (Wildman–Crippen LogP) is 2.10. The predicted molar refractivity (Wildman–Crippen MR) is 63.3 cm³/mol. The highest BCUT2D eigenvalue weighted by Crippen LogP contribution is 2.20. The van der Waals surface area contributed by atoms with Gasteiger partial charge in [-0.3, -0.25) is 0 Å². The van der Waals surface area contributed by atoms with Gasteiger partial charge in [-0.05, 0) is 37.2 Å². The summed E-state index contributed by atoms with van der Waals surface area (Å²) in [6.07, 6.45) is 2.08. The Morgan fingerprint density at radius 2 is 2.35 bits per heavy atom. The van der Waals surface area contributed by atoms with Crippen molar-refractivity contribution in [1.29, 1.82) is 0 Å². The number of rotatable bonds is 4. The molecule has 2 aromatic rings. The molecule has 0 spiro atoms. The van der Waals surface area contributed by atoms with Gasteiger partial charge in [-0.25, -0.2) is 4.39 Å². The van der Waals surface area contributed by atoms with Gasteiger partial charge >= 0.3 is 0 Å². The number of hydrogen-bond donors (Lipinski definition) is 2. The number of likely N-dealkylation sites (N-methyl/N-ethyl adjacent to an activating group) is 1. The molecule has 1 atom stereocenters. The molecule has 6 heteroatoms. The minimum atomic E-state index is -0.266. The average Bonchev–Trinajstić information content (AvgIpc) is 2.84. The second kappa shape index (κ2) is 5.25. The molecule has 0 saturated heterocycles. The Morgan fingerprint density at radius 3 is 3.00 bits per heavy atom. The van der Waals surface area contributed by atoms with E-state index in [-0.39, 0.29) is 11.9 Å². The van der Waals surface area contributed by atoms with E-state index in [2.05, 4.69) is 20.7 Å². The maximum Gasteiger partial charge on any atom is 0.126 e. The van der Waals surface area contributed by atoms with Gasteiger partial charge in [0.15, 0.2) is 0 Å². The topological polar surface area (TPSA) is 53.6 Å². The minimum Gasteiger partial charge on any atom is -0.311 e. The Balaban J connectivity index is 2.21. The van der Waals surface area contributed by atoms with Crippen molar-refractivity contribution in [2.75, 3.05) is 7.05 Å². The molecule has 1 heterocycles. The largest absolute Gasteiger partial charge is 0.311 e. The van der Waals surface area contributed by atoms with Crippen LogP contribution in [0.3, 0.4) is 0 Å². The van der Waals surface area contributed by atoms with E-state index in [1.165, 1.54) is 12.1 Å². The average molecular weight is 255 g/mol. The van der Waals surface area contributed by atoms with Gasteiger partial charge in [-0.1, -0.05) is 11.6 Å². The van der Waals surface area contributed by atoms with E-state index >= 15 is 0 Å². The molecule has 0 amide bonds. The lowest BCUT2D eigenvalue weighted by Crippen LogP contribution is -2.19. The van der Waals surface area contributed by atoms with Gasteiger partial charge < -0.3 is 5.32 Å². The van der Waals surface area contributed by atoms with Crippen LogP contribution in [-0.2, 0) is 6.42 Å². The summed E-state index contributed by atoms with van der Waals surface area (Å²) < 4.78 is 13.6. The van der Waals surface area contributed by atoms with Crippen molar-refractivity contribution in [3.05, 3.63) is 46.5 Å². The summed E-state index contributed by atoms with van der Waals surface area (Å²) in [5, 5.41) is 13.8. The third-order valence-electron chi connectivity index (χ3n) is 2.57. The molecule has 0 aliphatic carbocycles. The summed E-state index contributed by atoms with van der Waals surface area (Å²) >= 11 is 5.85. The zero-order chi connectivity index (χ0) is 12.3. The molecular formula is C11H12ClFN4. The van der Waals surface area contributed by atoms with Gasteiger partial charge in [0.1, 0.15) is 5.82 Å². The summed E-state index contributed by atoms with van der Waals surface area (Å²) in [5.74, 6) is -0.266. The van der Waals surface area contributed by atoms with E-state index in [1.807, 2.05) is 0 Å². The quantitative estimate of drug-likeness (QED) is 0.879. The van der Waals surface area contributed by atoms with Crippen molar-refractivity contribution in [1.82, 2.24) is 20.7 Å². The van der Waals surface area contributed by atoms with Crippen LogP contribution in [0.25, 0.3) is 0 Å². The number of benzene rings is 1. The van der Waals surface area contributed by atoms with E-state index in [0.29, 0.717) is 17.0 Å². The van der Waals surface area contributed by atoms with Crippen LogP contribution < -0.4 is 5.32 Å². The molecule has 0 fully saturated rings. The van der Waals surface area contributed by atoms with Crippen molar-refractivity contribution < 1.29 is 4.39 Å². The minimum absolute atomic E-state index is 0.0956. The Labute approximate surface area is 103 Å². The zero-order valence-electron chi connectivity index (χ0n) is 9.24. The first-order chi connectivity index (χ1) is 8.20. The highest BCUT2D eigenvalue weighted by molar-refractivity contribution is 6.30. The van der Waals surface area contributed by atoms with Gasteiger partial charge in [0.2, 0.25) is 0 Å². The molecule has 0 saturated carbocycles. The van der Waals surface area contributed by atoms with Gasteiger partial charge in [0, 0.05) is 5.02 Å². The molecule has 4 nitrogen and oxygen atoms in total. The first kappa shape index (κ1) is 12.0. The lowest BCUT2D eigenvalue weighted by molar-refractivity contribution is 0.544. The lowest BCUT2D eigenvalue weighted by Gasteiger charge is -2.13. The Morgan fingerprint density at radius 1 is 1.53 bits per heavy atom. The second-order valence-electron chi connectivity index (χ2n) is 3.68. The van der Waals surface area contributed by atoms with E-state index in [4.69, 9.17) is 11.6 Å². The molecule has 1 aromatic heterocycles. The van der Waals surface area contributed by atoms with E-state index in [9.17, 15) is 4.39 Å². The molecule has 2 rings (SSSR count). The standard InChI is InChI=1S/C11H12ClFN4/c1-14-10(11-6-15-17-16-11)5-7-4-8(12)2-3-9(7)13/h2-4,6,10,14H,5H2,1H3,(H,15,16,17). The van der Waals surface area contributed by atoms with Crippen molar-refractivity contribution in [2.45, 2.75) is 12.5 Å². The summed E-state index contributed by atoms with van der Waals surface area (Å²) in [4.78, 5) is 0. The molecule has 1 aromatic carbocycles. The second-order valence-corrected chi connectivity index (χ2v) is 4.11. The lowest BCUT2D eigenvalue weighted by atomic mass is 10.0. The van der Waals surface area contributed by atoms with Gasteiger partial charge in [-0.2, -0.15) is 15.4 Å². The molecule has 0 radical (unpaired) electrons. The van der Waals surface area contributed by atoms with Crippen molar-refractivity contribution in [3.8, 4) is 0 Å². The highest BCUT2D eigenvalue weighted by atomic mass is 35.5. The van der Waals surface area contributed by atoms with Crippen LogP contribution >= 0.6 is 11.6 Å². The maximum atomic E-state index is 13.6. The van der Waals surface area contributed by atoms with Crippen LogP contribution in [-0.4, -0.2) is 22.5 Å². The van der Waals surface area contributed by atoms with Crippen molar-refractivity contribution in [2.24, 2.45) is 0 Å². The van der Waals surface area contributed by atoms with Gasteiger partial charge in [-0.15, -0.1) is 0 Å². The fourth-order valence-corrected chi connectivity index (χ4v) is 1.85. The molecule has 2 N–H and O–H groups in total. The number of hydrogen-bond acceptors (Lipinski definition) is 3. The van der Waals surface area contributed by atoms with Crippen LogP contribution in [0.4, 0.5) is 4.39 Å². The van der Waals surface area contributed by atoms with Crippen molar-refractivity contribution >= 4 is 11.6 Å². The third kappa shape index (κ3) is 2.81. The molecule has 1 unspecified atom stereocenters. The Hall–Kier alpha value is -1.46. The van der Waals surface area contributed by atoms with Gasteiger partial charge in [0.05, 0.1) is 17.9 Å². The number of aromatic nitrogens is 3. The summed E-state index contributed by atoms with van der Waals surface area (Å²) in [6, 6.07) is 4.43. The maximum absolute atomic E-state index is 13.6. The molecule has 0 aliphatic heterocycles. The SMILES string of the molecule is CNC(Cc1cc(Cl)ccc1F)c1cn[nH]n1. The summed E-state index contributed by atoms with van der Waals surface area (Å²) in [7, 11) is 1.79. The van der Waals surface area contributed by atoms with E-state index in [1.54, 1.807) is 19.3 Å². The fourth-order valence-electron chi connectivity index (χ4n) is 1.65. The first-order valence-corrected chi connectivity index (χ1v) is 5.55. The van der Waals surface area contributed by atoms with Crippen molar-refractivity contribution in [3.63, 3.8) is 0 Å². The van der Waals surface area contributed by atoms with E-state index in [0.717, 1.165) is 5.69 Å². The number of H-pyrrole nitrogens is 1. The Bertz CT molecular complexity index is 486. The number of nitrogens with zero attached hydrogens (tertiary/aromatic N) is 2. The zero-order valence-corrected chi connectivity index (χ0v) is 10.0. The monoisotopic (exact) mass is 254 g/mol. The number of halogens is 2. The van der Waals surface area contributed by atoms with Crippen LogP contribution in [0.15, 0.2) is 24.4 Å². The molecular weight excluding hydrogens is 243 g/mol. The normalized spacial score (nSPS) is 12.6. The van der Waals surface area contributed by atoms with Crippen LogP contribution in [0.1, 0.15) is 17.3 Å². The highest BCUT2D eigenvalue weighted by Gasteiger charge is 2.15. The third-order valence-corrected chi connectivity index (χ3v) is 2.81. The molecule has 0 bridgehead atoms. The number of nitrogens with one attached hydrogen (secondary N) is 2. The first-order valence-electron chi connectivity index (χ1n) is 5.17.